The number of hydrogen-bond donors (Lipinski definition) is 0. The number of nitrogens with zero attached hydrogens (tertiary/aromatic N) is 6. The van der Waals surface area contributed by atoms with Gasteiger partial charge in [-0.15, -0.1) is 0 Å². The first kappa shape index (κ1) is 16.2. The van der Waals surface area contributed by atoms with Gasteiger partial charge in [0.1, 0.15) is 11.5 Å². The zero-order chi connectivity index (χ0) is 17.8. The largest absolute Gasteiger partial charge is 0.320 e. The fraction of sp³-hybridized carbons (Fsp3) is 0.200. The molecule has 4 rings (SSSR count). The van der Waals surface area contributed by atoms with Crippen molar-refractivity contribution in [2.45, 2.75) is 25.9 Å². The minimum absolute atomic E-state index is 0.0636. The Kier molecular flexibility index (Phi) is 4.55. The SMILES string of the molecule is CCc1nccc(-c2nccn2[C@@H](Cn2cccn2)c2ccccc2)n1. The normalized spacial score (nSPS) is 12.2. The number of aryl methyl sites for hydroxylation is 1. The molecule has 0 unspecified atom stereocenters. The van der Waals surface area contributed by atoms with Crippen molar-refractivity contribution >= 4 is 0 Å². The lowest BCUT2D eigenvalue weighted by atomic mass is 10.1. The summed E-state index contributed by atoms with van der Waals surface area (Å²) in [6.45, 7) is 2.77. The summed E-state index contributed by atoms with van der Waals surface area (Å²) in [7, 11) is 0. The highest BCUT2D eigenvalue weighted by molar-refractivity contribution is 5.50. The van der Waals surface area contributed by atoms with Crippen molar-refractivity contribution in [2.75, 3.05) is 0 Å². The molecular weight excluding hydrogens is 324 g/mol. The lowest BCUT2D eigenvalue weighted by Crippen LogP contribution is -2.18. The Morgan fingerprint density at radius 1 is 0.923 bits per heavy atom. The molecule has 0 N–H and O–H groups in total. The van der Waals surface area contributed by atoms with E-state index in [2.05, 4.69) is 55.8 Å². The van der Waals surface area contributed by atoms with Crippen molar-refractivity contribution in [1.29, 1.82) is 0 Å². The maximum atomic E-state index is 4.65. The molecule has 26 heavy (non-hydrogen) atoms. The third kappa shape index (κ3) is 3.26. The highest BCUT2D eigenvalue weighted by atomic mass is 15.3. The molecule has 130 valence electrons. The first-order chi connectivity index (χ1) is 12.8. The van der Waals surface area contributed by atoms with E-state index in [0.29, 0.717) is 6.54 Å². The van der Waals surface area contributed by atoms with Gasteiger partial charge in [0.05, 0.1) is 12.6 Å². The number of benzene rings is 1. The van der Waals surface area contributed by atoms with Gasteiger partial charge >= 0.3 is 0 Å². The molecule has 0 spiro atoms. The second-order valence-electron chi connectivity index (χ2n) is 6.02. The highest BCUT2D eigenvalue weighted by Gasteiger charge is 2.19. The van der Waals surface area contributed by atoms with Gasteiger partial charge in [-0.25, -0.2) is 15.0 Å². The highest BCUT2D eigenvalue weighted by Crippen LogP contribution is 2.26. The molecular formula is C20H20N6. The Hall–Kier alpha value is -3.28. The van der Waals surface area contributed by atoms with Crippen molar-refractivity contribution in [3.8, 4) is 11.5 Å². The minimum atomic E-state index is 0.0636. The summed E-state index contributed by atoms with van der Waals surface area (Å²) in [6.07, 6.45) is 10.2. The minimum Gasteiger partial charge on any atom is -0.320 e. The molecule has 0 saturated carbocycles. The maximum Gasteiger partial charge on any atom is 0.159 e. The Balaban J connectivity index is 1.78. The summed E-state index contributed by atoms with van der Waals surface area (Å²) in [5.74, 6) is 1.66. The van der Waals surface area contributed by atoms with Crippen LogP contribution in [0.25, 0.3) is 11.5 Å². The van der Waals surface area contributed by atoms with Crippen LogP contribution in [0.1, 0.15) is 24.4 Å². The Morgan fingerprint density at radius 3 is 2.58 bits per heavy atom. The number of rotatable bonds is 6. The van der Waals surface area contributed by atoms with E-state index in [-0.39, 0.29) is 6.04 Å². The summed E-state index contributed by atoms with van der Waals surface area (Å²) >= 11 is 0. The van der Waals surface area contributed by atoms with Gasteiger partial charge in [-0.2, -0.15) is 5.10 Å². The molecule has 0 aliphatic heterocycles. The summed E-state index contributed by atoms with van der Waals surface area (Å²) in [5, 5.41) is 4.38. The first-order valence-corrected chi connectivity index (χ1v) is 8.72. The van der Waals surface area contributed by atoms with Crippen LogP contribution in [-0.2, 0) is 13.0 Å². The number of imidazole rings is 1. The molecule has 6 heteroatoms. The molecule has 3 aromatic heterocycles. The van der Waals surface area contributed by atoms with E-state index < -0.39 is 0 Å². The molecule has 0 bridgehead atoms. The molecule has 4 aromatic rings. The van der Waals surface area contributed by atoms with Crippen LogP contribution in [0.2, 0.25) is 0 Å². The fourth-order valence-corrected chi connectivity index (χ4v) is 3.07. The summed E-state index contributed by atoms with van der Waals surface area (Å²) in [5.41, 5.74) is 2.04. The van der Waals surface area contributed by atoms with Crippen LogP contribution in [0.4, 0.5) is 0 Å². The van der Waals surface area contributed by atoms with E-state index in [1.165, 1.54) is 5.56 Å². The summed E-state index contributed by atoms with van der Waals surface area (Å²) < 4.78 is 4.11. The predicted molar refractivity (Wildman–Crippen MR) is 99.4 cm³/mol. The molecule has 1 atom stereocenters. The van der Waals surface area contributed by atoms with Gasteiger partial charge in [-0.1, -0.05) is 37.3 Å². The lowest BCUT2D eigenvalue weighted by molar-refractivity contribution is 0.465. The molecule has 0 radical (unpaired) electrons. The van der Waals surface area contributed by atoms with E-state index >= 15 is 0 Å². The van der Waals surface area contributed by atoms with E-state index in [9.17, 15) is 0 Å². The summed E-state index contributed by atoms with van der Waals surface area (Å²) in [6, 6.07) is 14.3. The van der Waals surface area contributed by atoms with Crippen molar-refractivity contribution in [3.05, 3.63) is 84.8 Å². The molecule has 1 aromatic carbocycles. The maximum absolute atomic E-state index is 4.65. The number of hydrogen-bond acceptors (Lipinski definition) is 4. The van der Waals surface area contributed by atoms with Gasteiger partial charge in [0.15, 0.2) is 5.82 Å². The zero-order valence-corrected chi connectivity index (χ0v) is 14.6. The van der Waals surface area contributed by atoms with Crippen LogP contribution < -0.4 is 0 Å². The van der Waals surface area contributed by atoms with Gasteiger partial charge in [-0.3, -0.25) is 4.68 Å². The van der Waals surface area contributed by atoms with Crippen molar-refractivity contribution in [1.82, 2.24) is 29.3 Å². The molecule has 0 saturated heterocycles. The molecule has 0 amide bonds. The topological polar surface area (TPSA) is 61.4 Å². The van der Waals surface area contributed by atoms with Gasteiger partial charge in [0.2, 0.25) is 0 Å². The molecule has 0 aliphatic carbocycles. The van der Waals surface area contributed by atoms with Crippen molar-refractivity contribution < 1.29 is 0 Å². The fourth-order valence-electron chi connectivity index (χ4n) is 3.07. The monoisotopic (exact) mass is 344 g/mol. The zero-order valence-electron chi connectivity index (χ0n) is 14.6. The number of aromatic nitrogens is 6. The quantitative estimate of drug-likeness (QED) is 0.538. The first-order valence-electron chi connectivity index (χ1n) is 8.72. The van der Waals surface area contributed by atoms with E-state index in [4.69, 9.17) is 0 Å². The van der Waals surface area contributed by atoms with Gasteiger partial charge in [0, 0.05) is 37.4 Å². The van der Waals surface area contributed by atoms with Crippen molar-refractivity contribution in [3.63, 3.8) is 0 Å². The van der Waals surface area contributed by atoms with E-state index in [1.54, 1.807) is 12.4 Å². The smallest absolute Gasteiger partial charge is 0.159 e. The van der Waals surface area contributed by atoms with Crippen LogP contribution in [0.15, 0.2) is 73.4 Å². The van der Waals surface area contributed by atoms with Crippen LogP contribution in [0.5, 0.6) is 0 Å². The van der Waals surface area contributed by atoms with E-state index in [0.717, 1.165) is 23.8 Å². The lowest BCUT2D eigenvalue weighted by Gasteiger charge is -2.21. The average Bonchev–Trinajstić information content (AvgIpc) is 3.38. The average molecular weight is 344 g/mol. The predicted octanol–water partition coefficient (Wildman–Crippen LogP) is 3.39. The van der Waals surface area contributed by atoms with E-state index in [1.807, 2.05) is 41.5 Å². The second kappa shape index (κ2) is 7.31. The molecule has 3 heterocycles. The summed E-state index contributed by atoms with van der Waals surface area (Å²) in [4.78, 5) is 13.5. The van der Waals surface area contributed by atoms with Crippen LogP contribution >= 0.6 is 0 Å². The van der Waals surface area contributed by atoms with Gasteiger partial charge < -0.3 is 4.57 Å². The Labute approximate surface area is 152 Å². The van der Waals surface area contributed by atoms with Gasteiger partial charge in [-0.05, 0) is 17.7 Å². The molecule has 0 fully saturated rings. The molecule has 0 aliphatic rings. The Bertz CT molecular complexity index is 959. The van der Waals surface area contributed by atoms with Crippen molar-refractivity contribution in [2.24, 2.45) is 0 Å². The standard InChI is InChI=1S/C20H20N6/c1-2-19-21-11-9-17(24-19)20-22-12-14-26(20)18(15-25-13-6-10-23-25)16-7-4-3-5-8-16/h3-14,18H,2,15H2,1H3/t18-/m0/s1. The third-order valence-electron chi connectivity index (χ3n) is 4.36. The molecule has 6 nitrogen and oxygen atoms in total. The van der Waals surface area contributed by atoms with Crippen LogP contribution in [0.3, 0.4) is 0 Å². The second-order valence-corrected chi connectivity index (χ2v) is 6.02. The van der Waals surface area contributed by atoms with Crippen LogP contribution in [-0.4, -0.2) is 29.3 Å². The van der Waals surface area contributed by atoms with Gasteiger partial charge in [0.25, 0.3) is 0 Å². The third-order valence-corrected chi connectivity index (χ3v) is 4.36. The Morgan fingerprint density at radius 2 is 1.81 bits per heavy atom. The van der Waals surface area contributed by atoms with Crippen LogP contribution in [0, 0.1) is 0 Å².